The number of hydrogen-bond donors (Lipinski definition) is 2. The van der Waals surface area contributed by atoms with Crippen LogP contribution in [0.4, 0.5) is 9.93 Å². The predicted molar refractivity (Wildman–Crippen MR) is 66.5 cm³/mol. The van der Waals surface area contributed by atoms with Gasteiger partial charge in [-0.25, -0.2) is 4.79 Å². The van der Waals surface area contributed by atoms with Gasteiger partial charge in [-0.15, -0.1) is 5.10 Å². The number of nitrogens with zero attached hydrogens (tertiary/aromatic N) is 1. The first-order valence-corrected chi connectivity index (χ1v) is 6.06. The number of hydrogen-bond acceptors (Lipinski definition) is 6. The maximum Gasteiger partial charge on any atom is 0.421 e. The molecule has 0 unspecified atom stereocenters. The number of rotatable bonds is 2. The Balaban J connectivity index is 2.45. The van der Waals surface area contributed by atoms with Crippen molar-refractivity contribution in [3.8, 4) is 0 Å². The Morgan fingerprint density at radius 2 is 2.18 bits per heavy atom. The quantitative estimate of drug-likeness (QED) is 0.492. The number of aromatic amines is 1. The summed E-state index contributed by atoms with van der Waals surface area (Å²) in [5.74, 6) is -0.575. The lowest BCUT2D eigenvalue weighted by molar-refractivity contribution is -0.138. The molecule has 94 valence electrons. The molecule has 8 heteroatoms. The molecule has 0 aliphatic carbocycles. The van der Waals surface area contributed by atoms with E-state index in [1.54, 1.807) is 0 Å². The first-order chi connectivity index (χ1) is 7.76. The summed E-state index contributed by atoms with van der Waals surface area (Å²) in [5, 5.41) is 8.77. The van der Waals surface area contributed by atoms with Gasteiger partial charge in [0.1, 0.15) is 0 Å². The van der Waals surface area contributed by atoms with Crippen LogP contribution >= 0.6 is 23.6 Å². The normalized spacial score (nSPS) is 11.0. The topological polar surface area (TPSA) is 84.1 Å². The molecule has 2 N–H and O–H groups in total. The molecule has 0 spiro atoms. The zero-order valence-electron chi connectivity index (χ0n) is 9.70. The van der Waals surface area contributed by atoms with E-state index in [1.165, 1.54) is 0 Å². The molecule has 6 nitrogen and oxygen atoms in total. The zero-order chi connectivity index (χ0) is 13.1. The van der Waals surface area contributed by atoms with Crippen LogP contribution in [-0.4, -0.2) is 22.3 Å². The van der Waals surface area contributed by atoms with Crippen molar-refractivity contribution in [2.24, 2.45) is 5.41 Å². The van der Waals surface area contributed by atoms with Gasteiger partial charge >= 0.3 is 12.1 Å². The van der Waals surface area contributed by atoms with E-state index < -0.39 is 12.1 Å². The van der Waals surface area contributed by atoms with Gasteiger partial charge in [-0.05, 0) is 17.6 Å². The lowest BCUT2D eigenvalue weighted by Crippen LogP contribution is -2.22. The molecule has 1 heterocycles. The fourth-order valence-electron chi connectivity index (χ4n) is 0.969. The number of carbonyl (C=O) groups is 2. The van der Waals surface area contributed by atoms with Gasteiger partial charge in [0, 0.05) is 0 Å². The minimum Gasteiger partial charge on any atom is -0.376 e. The number of anilines is 1. The van der Waals surface area contributed by atoms with Gasteiger partial charge in [0.05, 0.1) is 6.42 Å². The summed E-state index contributed by atoms with van der Waals surface area (Å²) in [4.78, 5) is 22.6. The molecular formula is C9H13N3O3S2. The second-order valence-corrected chi connectivity index (χ2v) is 6.21. The van der Waals surface area contributed by atoms with Gasteiger partial charge in [-0.3, -0.25) is 15.2 Å². The smallest absolute Gasteiger partial charge is 0.376 e. The number of carbonyl (C=O) groups excluding carboxylic acids is 2. The molecule has 0 saturated carbocycles. The van der Waals surface area contributed by atoms with Crippen LogP contribution in [-0.2, 0) is 9.53 Å². The highest BCUT2D eigenvalue weighted by Gasteiger charge is 2.19. The first-order valence-electron chi connectivity index (χ1n) is 4.83. The highest BCUT2D eigenvalue weighted by molar-refractivity contribution is 7.73. The summed E-state index contributed by atoms with van der Waals surface area (Å²) in [6.45, 7) is 5.64. The Labute approximate surface area is 107 Å². The van der Waals surface area contributed by atoms with Crippen molar-refractivity contribution in [3.05, 3.63) is 3.95 Å². The van der Waals surface area contributed by atoms with Crippen LogP contribution in [0.3, 0.4) is 0 Å². The Morgan fingerprint density at radius 3 is 2.65 bits per heavy atom. The molecule has 1 aromatic rings. The SMILES string of the molecule is CC(C)(C)CC(=O)OC(=O)Nc1n[nH]c(=S)s1. The van der Waals surface area contributed by atoms with E-state index in [2.05, 4.69) is 20.3 Å². The summed E-state index contributed by atoms with van der Waals surface area (Å²) in [7, 11) is 0. The largest absolute Gasteiger partial charge is 0.421 e. The Bertz CT molecular complexity index is 472. The standard InChI is InChI=1S/C9H13N3O3S2/c1-9(2,3)4-5(13)15-7(14)10-6-11-12-8(16)17-6/h4H2,1-3H3,(H,12,16)(H,10,11,14). The molecule has 0 radical (unpaired) electrons. The van der Waals surface area contributed by atoms with Crippen LogP contribution in [0.15, 0.2) is 0 Å². The number of aromatic nitrogens is 2. The molecule has 1 amide bonds. The zero-order valence-corrected chi connectivity index (χ0v) is 11.3. The number of ether oxygens (including phenoxy) is 1. The average Bonchev–Trinajstić information content (AvgIpc) is 2.46. The maximum absolute atomic E-state index is 11.3. The van der Waals surface area contributed by atoms with Gasteiger partial charge < -0.3 is 4.74 Å². The van der Waals surface area contributed by atoms with E-state index >= 15 is 0 Å². The molecule has 17 heavy (non-hydrogen) atoms. The van der Waals surface area contributed by atoms with Gasteiger partial charge in [-0.2, -0.15) is 0 Å². The minimum atomic E-state index is -0.850. The summed E-state index contributed by atoms with van der Waals surface area (Å²) < 4.78 is 5.00. The third-order valence-electron chi connectivity index (χ3n) is 1.53. The van der Waals surface area contributed by atoms with E-state index in [0.717, 1.165) is 11.3 Å². The van der Waals surface area contributed by atoms with Crippen LogP contribution in [0.25, 0.3) is 0 Å². The van der Waals surface area contributed by atoms with Gasteiger partial charge in [-0.1, -0.05) is 32.1 Å². The van der Waals surface area contributed by atoms with E-state index in [1.807, 2.05) is 20.8 Å². The van der Waals surface area contributed by atoms with E-state index in [9.17, 15) is 9.59 Å². The van der Waals surface area contributed by atoms with Crippen molar-refractivity contribution in [1.82, 2.24) is 10.2 Å². The van der Waals surface area contributed by atoms with Crippen molar-refractivity contribution in [2.75, 3.05) is 5.32 Å². The summed E-state index contributed by atoms with van der Waals surface area (Å²) in [6, 6.07) is 0. The van der Waals surface area contributed by atoms with Crippen LogP contribution in [0.5, 0.6) is 0 Å². The third kappa shape index (κ3) is 5.55. The molecule has 1 rings (SSSR count). The van der Waals surface area contributed by atoms with Gasteiger partial charge in [0.25, 0.3) is 0 Å². The summed E-state index contributed by atoms with van der Waals surface area (Å²) in [6.07, 6.45) is -0.687. The van der Waals surface area contributed by atoms with Crippen molar-refractivity contribution in [2.45, 2.75) is 27.2 Å². The molecular weight excluding hydrogens is 262 g/mol. The number of amides is 1. The van der Waals surface area contributed by atoms with Crippen molar-refractivity contribution in [3.63, 3.8) is 0 Å². The summed E-state index contributed by atoms with van der Waals surface area (Å²) in [5.41, 5.74) is -0.222. The maximum atomic E-state index is 11.3. The molecule has 1 aromatic heterocycles. The van der Waals surface area contributed by atoms with Crippen LogP contribution in [0, 0.1) is 9.37 Å². The Hall–Kier alpha value is -1.28. The highest BCUT2D eigenvalue weighted by Crippen LogP contribution is 2.19. The number of esters is 1. The fourth-order valence-corrected chi connectivity index (χ4v) is 1.74. The molecule has 0 saturated heterocycles. The fraction of sp³-hybridized carbons (Fsp3) is 0.556. The molecule has 0 aromatic carbocycles. The molecule has 0 fully saturated rings. The molecule has 0 atom stereocenters. The Morgan fingerprint density at radius 1 is 1.53 bits per heavy atom. The number of nitrogens with one attached hydrogen (secondary N) is 2. The minimum absolute atomic E-state index is 0.163. The van der Waals surface area contributed by atoms with Crippen LogP contribution in [0.2, 0.25) is 0 Å². The molecule has 0 bridgehead atoms. The van der Waals surface area contributed by atoms with Crippen molar-refractivity contribution in [1.29, 1.82) is 0 Å². The van der Waals surface area contributed by atoms with Gasteiger partial charge in [0.2, 0.25) is 5.13 Å². The predicted octanol–water partition coefficient (Wildman–Crippen LogP) is 2.71. The first kappa shape index (κ1) is 13.8. The van der Waals surface area contributed by atoms with Crippen LogP contribution < -0.4 is 5.32 Å². The van der Waals surface area contributed by atoms with Crippen LogP contribution in [0.1, 0.15) is 27.2 Å². The monoisotopic (exact) mass is 275 g/mol. The Kier molecular flexibility index (Phi) is 4.35. The molecule has 0 aliphatic rings. The van der Waals surface area contributed by atoms with Crippen molar-refractivity contribution >= 4 is 40.7 Å². The summed E-state index contributed by atoms with van der Waals surface area (Å²) >= 11 is 5.87. The average molecular weight is 275 g/mol. The third-order valence-corrected chi connectivity index (χ3v) is 2.53. The highest BCUT2D eigenvalue weighted by atomic mass is 32.1. The van der Waals surface area contributed by atoms with E-state index in [0.29, 0.717) is 3.95 Å². The second-order valence-electron chi connectivity index (χ2n) is 4.54. The van der Waals surface area contributed by atoms with Crippen molar-refractivity contribution < 1.29 is 14.3 Å². The molecule has 0 aliphatic heterocycles. The van der Waals surface area contributed by atoms with Gasteiger partial charge in [0.15, 0.2) is 3.95 Å². The second kappa shape index (κ2) is 5.37. The van der Waals surface area contributed by atoms with E-state index in [4.69, 9.17) is 12.2 Å². The number of H-pyrrole nitrogens is 1. The van der Waals surface area contributed by atoms with E-state index in [-0.39, 0.29) is 17.0 Å². The lowest BCUT2D eigenvalue weighted by atomic mass is 9.93. The lowest BCUT2D eigenvalue weighted by Gasteiger charge is -2.15.